The highest BCUT2D eigenvalue weighted by Crippen LogP contribution is 2.17. The minimum atomic E-state index is 0.723. The fourth-order valence-electron chi connectivity index (χ4n) is 2.50. The quantitative estimate of drug-likeness (QED) is 0.637. The lowest BCUT2D eigenvalue weighted by Crippen LogP contribution is -1.87. The Morgan fingerprint density at radius 1 is 0.429 bits per heavy atom. The Morgan fingerprint density at radius 3 is 1.14 bits per heavy atom. The van der Waals surface area contributed by atoms with E-state index in [1.807, 2.05) is 66.7 Å². The van der Waals surface area contributed by atoms with Crippen molar-refractivity contribution in [2.45, 2.75) is 0 Å². The van der Waals surface area contributed by atoms with Crippen LogP contribution in [-0.4, -0.2) is 21.3 Å². The second-order valence-corrected chi connectivity index (χ2v) is 5.91. The van der Waals surface area contributed by atoms with Gasteiger partial charge in [-0.2, -0.15) is 0 Å². The van der Waals surface area contributed by atoms with Crippen LogP contribution in [0, 0.1) is 23.7 Å². The van der Waals surface area contributed by atoms with E-state index >= 15 is 0 Å². The van der Waals surface area contributed by atoms with Gasteiger partial charge in [-0.1, -0.05) is 23.7 Å². The summed E-state index contributed by atoms with van der Waals surface area (Å²) in [4.78, 5) is 0. The zero-order chi connectivity index (χ0) is 19.8. The van der Waals surface area contributed by atoms with Crippen LogP contribution in [0.4, 0.5) is 0 Å². The lowest BCUT2D eigenvalue weighted by molar-refractivity contribution is 0.414. The molecule has 0 radical (unpaired) electrons. The lowest BCUT2D eigenvalue weighted by Gasteiger charge is -2.02. The van der Waals surface area contributed by atoms with Gasteiger partial charge in [0, 0.05) is 22.3 Å². The smallest absolute Gasteiger partial charge is 0.121 e. The van der Waals surface area contributed by atoms with Crippen LogP contribution in [0.15, 0.2) is 66.7 Å². The van der Waals surface area contributed by atoms with Gasteiger partial charge >= 0.3 is 0 Å². The van der Waals surface area contributed by atoms with Gasteiger partial charge in [0.1, 0.15) is 17.2 Å². The summed E-state index contributed by atoms with van der Waals surface area (Å²) in [6.45, 7) is 0. The first-order valence-electron chi connectivity index (χ1n) is 8.71. The normalized spacial score (nSPS) is 9.39. The Hall–Kier alpha value is -3.82. The zero-order valence-electron chi connectivity index (χ0n) is 16.1. The molecule has 0 unspecified atom stereocenters. The molecule has 0 heterocycles. The molecule has 3 aromatic carbocycles. The van der Waals surface area contributed by atoms with Crippen molar-refractivity contribution in [2.24, 2.45) is 0 Å². The van der Waals surface area contributed by atoms with Gasteiger partial charge in [0.2, 0.25) is 0 Å². The van der Waals surface area contributed by atoms with Crippen LogP contribution in [0.5, 0.6) is 17.2 Å². The standard InChI is InChI=1S/C25H20O3/c1-26-23-12-8-19(9-13-23)4-6-21-16-22(18-25(17-21)28-3)7-5-20-10-14-24(27-2)15-11-20/h8-18H,1-3H3. The van der Waals surface area contributed by atoms with E-state index in [-0.39, 0.29) is 0 Å². The Balaban J connectivity index is 1.86. The van der Waals surface area contributed by atoms with Gasteiger partial charge in [-0.05, 0) is 66.7 Å². The van der Waals surface area contributed by atoms with Crippen molar-refractivity contribution in [3.05, 3.63) is 89.0 Å². The number of ether oxygens (including phenoxy) is 3. The minimum Gasteiger partial charge on any atom is -0.497 e. The maximum Gasteiger partial charge on any atom is 0.121 e. The van der Waals surface area contributed by atoms with E-state index in [9.17, 15) is 0 Å². The number of hydrogen-bond donors (Lipinski definition) is 0. The van der Waals surface area contributed by atoms with Crippen molar-refractivity contribution in [1.29, 1.82) is 0 Å². The van der Waals surface area contributed by atoms with Gasteiger partial charge in [0.05, 0.1) is 21.3 Å². The number of methoxy groups -OCH3 is 3. The molecule has 0 aliphatic rings. The number of rotatable bonds is 3. The molecule has 3 heteroatoms. The summed E-state index contributed by atoms with van der Waals surface area (Å²) in [6, 6.07) is 21.0. The van der Waals surface area contributed by atoms with Crippen molar-refractivity contribution in [2.75, 3.05) is 21.3 Å². The van der Waals surface area contributed by atoms with E-state index in [1.54, 1.807) is 21.3 Å². The Kier molecular flexibility index (Phi) is 6.24. The molecule has 0 saturated heterocycles. The van der Waals surface area contributed by atoms with E-state index in [0.29, 0.717) is 0 Å². The van der Waals surface area contributed by atoms with Crippen LogP contribution >= 0.6 is 0 Å². The van der Waals surface area contributed by atoms with E-state index < -0.39 is 0 Å². The van der Waals surface area contributed by atoms with Crippen LogP contribution in [0.25, 0.3) is 0 Å². The van der Waals surface area contributed by atoms with Gasteiger partial charge in [-0.15, -0.1) is 0 Å². The molecule has 0 aromatic heterocycles. The van der Waals surface area contributed by atoms with Crippen LogP contribution in [0.2, 0.25) is 0 Å². The van der Waals surface area contributed by atoms with E-state index in [4.69, 9.17) is 14.2 Å². The highest BCUT2D eigenvalue weighted by molar-refractivity contribution is 5.53. The summed E-state index contributed by atoms with van der Waals surface area (Å²) in [7, 11) is 4.92. The van der Waals surface area contributed by atoms with Crippen LogP contribution < -0.4 is 14.2 Å². The monoisotopic (exact) mass is 368 g/mol. The molecule has 0 bridgehead atoms. The Bertz CT molecular complexity index is 974. The molecule has 0 atom stereocenters. The molecule has 0 aliphatic heterocycles. The number of hydrogen-bond acceptors (Lipinski definition) is 3. The summed E-state index contributed by atoms with van der Waals surface area (Å²) in [5.74, 6) is 15.0. The predicted molar refractivity (Wildman–Crippen MR) is 111 cm³/mol. The maximum atomic E-state index is 5.39. The molecule has 0 amide bonds. The van der Waals surface area contributed by atoms with Gasteiger partial charge in [0.25, 0.3) is 0 Å². The van der Waals surface area contributed by atoms with Crippen LogP contribution in [0.3, 0.4) is 0 Å². The summed E-state index contributed by atoms with van der Waals surface area (Å²) in [5.41, 5.74) is 3.51. The molecule has 0 fully saturated rings. The van der Waals surface area contributed by atoms with Crippen LogP contribution in [0.1, 0.15) is 22.3 Å². The highest BCUT2D eigenvalue weighted by Gasteiger charge is 1.99. The van der Waals surface area contributed by atoms with Gasteiger partial charge < -0.3 is 14.2 Å². The second kappa shape index (κ2) is 9.21. The summed E-state index contributed by atoms with van der Waals surface area (Å²) < 4.78 is 15.7. The van der Waals surface area contributed by atoms with Crippen molar-refractivity contribution < 1.29 is 14.2 Å². The third kappa shape index (κ3) is 5.10. The first kappa shape index (κ1) is 19.0. The fourth-order valence-corrected chi connectivity index (χ4v) is 2.50. The molecular weight excluding hydrogens is 348 g/mol. The molecule has 0 spiro atoms. The van der Waals surface area contributed by atoms with E-state index in [2.05, 4.69) is 23.7 Å². The molecule has 138 valence electrons. The lowest BCUT2D eigenvalue weighted by atomic mass is 10.1. The van der Waals surface area contributed by atoms with E-state index in [0.717, 1.165) is 39.5 Å². The highest BCUT2D eigenvalue weighted by atomic mass is 16.5. The molecule has 3 aromatic rings. The molecule has 0 N–H and O–H groups in total. The Morgan fingerprint density at radius 2 is 0.786 bits per heavy atom. The summed E-state index contributed by atoms with van der Waals surface area (Å²) in [5, 5.41) is 0. The molecule has 28 heavy (non-hydrogen) atoms. The van der Waals surface area contributed by atoms with Crippen molar-refractivity contribution in [3.63, 3.8) is 0 Å². The Labute approximate surface area is 165 Å². The summed E-state index contributed by atoms with van der Waals surface area (Å²) >= 11 is 0. The van der Waals surface area contributed by atoms with Gasteiger partial charge in [-0.25, -0.2) is 0 Å². The van der Waals surface area contributed by atoms with Crippen LogP contribution in [-0.2, 0) is 0 Å². The van der Waals surface area contributed by atoms with Crippen molar-refractivity contribution in [1.82, 2.24) is 0 Å². The van der Waals surface area contributed by atoms with E-state index in [1.165, 1.54) is 0 Å². The second-order valence-electron chi connectivity index (χ2n) is 5.91. The third-order valence-corrected chi connectivity index (χ3v) is 4.02. The first-order valence-corrected chi connectivity index (χ1v) is 8.71. The zero-order valence-corrected chi connectivity index (χ0v) is 16.1. The number of benzene rings is 3. The van der Waals surface area contributed by atoms with Crippen molar-refractivity contribution in [3.8, 4) is 40.9 Å². The SMILES string of the molecule is COc1ccc(C#Cc2cc(C#Cc3ccc(OC)cc3)cc(OC)c2)cc1. The van der Waals surface area contributed by atoms with Crippen molar-refractivity contribution >= 4 is 0 Å². The van der Waals surface area contributed by atoms with Gasteiger partial charge in [0.15, 0.2) is 0 Å². The fraction of sp³-hybridized carbons (Fsp3) is 0.120. The largest absolute Gasteiger partial charge is 0.497 e. The topological polar surface area (TPSA) is 27.7 Å². The summed E-state index contributed by atoms with van der Waals surface area (Å²) in [6.07, 6.45) is 0. The molecule has 3 rings (SSSR count). The molecular formula is C25H20O3. The third-order valence-electron chi connectivity index (χ3n) is 4.02. The average Bonchev–Trinajstić information content (AvgIpc) is 2.76. The van der Waals surface area contributed by atoms with Gasteiger partial charge in [-0.3, -0.25) is 0 Å². The first-order chi connectivity index (χ1) is 13.7. The average molecular weight is 368 g/mol. The molecule has 3 nitrogen and oxygen atoms in total. The maximum absolute atomic E-state index is 5.39. The minimum absolute atomic E-state index is 0.723. The molecule has 0 saturated carbocycles. The predicted octanol–water partition coefficient (Wildman–Crippen LogP) is 4.51. The molecule has 0 aliphatic carbocycles.